The minimum atomic E-state index is -0.424. The van der Waals surface area contributed by atoms with Gasteiger partial charge in [-0.05, 0) is 25.1 Å². The van der Waals surface area contributed by atoms with Crippen LogP contribution in [-0.4, -0.2) is 62.7 Å². The number of nitrogens with zero attached hydrogens (tertiary/aromatic N) is 5. The minimum Gasteiger partial charge on any atom is -0.366 e. The smallest absolute Gasteiger partial charge is 0.194 e. The molecule has 0 spiro atoms. The van der Waals surface area contributed by atoms with Crippen molar-refractivity contribution in [1.29, 1.82) is 0 Å². The Morgan fingerprint density at radius 1 is 1.17 bits per heavy atom. The molecule has 0 radical (unpaired) electrons. The van der Waals surface area contributed by atoms with Crippen LogP contribution in [-0.2, 0) is 6.54 Å². The van der Waals surface area contributed by atoms with E-state index in [2.05, 4.69) is 15.2 Å². The van der Waals surface area contributed by atoms with Crippen molar-refractivity contribution < 1.29 is 8.78 Å². The highest BCUT2D eigenvalue weighted by Gasteiger charge is 2.22. The lowest BCUT2D eigenvalue weighted by Gasteiger charge is -2.37. The average Bonchev–Trinajstić information content (AvgIpc) is 2.73. The van der Waals surface area contributed by atoms with Crippen LogP contribution in [0.1, 0.15) is 12.5 Å². The molecule has 29 heavy (non-hydrogen) atoms. The summed E-state index contributed by atoms with van der Waals surface area (Å²) in [6, 6.07) is 7.52. The fourth-order valence-electron chi connectivity index (χ4n) is 3.43. The number of hydrogen-bond acceptors (Lipinski definition) is 4. The van der Waals surface area contributed by atoms with Crippen LogP contribution in [0.3, 0.4) is 0 Å². The molecule has 3 rings (SSSR count). The molecule has 1 saturated heterocycles. The Morgan fingerprint density at radius 3 is 2.62 bits per heavy atom. The van der Waals surface area contributed by atoms with Crippen LogP contribution < -0.4 is 15.1 Å². The van der Waals surface area contributed by atoms with Gasteiger partial charge in [0.2, 0.25) is 0 Å². The number of rotatable bonds is 5. The van der Waals surface area contributed by atoms with Crippen molar-refractivity contribution in [3.8, 4) is 0 Å². The molecule has 156 valence electrons. The van der Waals surface area contributed by atoms with Crippen molar-refractivity contribution >= 4 is 17.5 Å². The third kappa shape index (κ3) is 5.13. The van der Waals surface area contributed by atoms with Gasteiger partial charge in [-0.25, -0.2) is 18.8 Å². The fourth-order valence-corrected chi connectivity index (χ4v) is 3.43. The van der Waals surface area contributed by atoms with Gasteiger partial charge in [-0.2, -0.15) is 0 Å². The molecule has 0 atom stereocenters. The number of benzene rings is 1. The summed E-state index contributed by atoms with van der Waals surface area (Å²) >= 11 is 0. The van der Waals surface area contributed by atoms with Crippen molar-refractivity contribution in [1.82, 2.24) is 15.2 Å². The predicted octanol–water partition coefficient (Wildman–Crippen LogP) is 2.71. The van der Waals surface area contributed by atoms with E-state index in [4.69, 9.17) is 4.99 Å². The molecule has 8 heteroatoms. The number of guanidine groups is 1. The van der Waals surface area contributed by atoms with Crippen molar-refractivity contribution in [3.05, 3.63) is 53.7 Å². The predicted molar refractivity (Wildman–Crippen MR) is 114 cm³/mol. The lowest BCUT2D eigenvalue weighted by atomic mass is 10.2. The van der Waals surface area contributed by atoms with E-state index in [-0.39, 0.29) is 0 Å². The van der Waals surface area contributed by atoms with Gasteiger partial charge in [0, 0.05) is 64.6 Å². The number of nitrogens with one attached hydrogen (secondary N) is 1. The number of pyridine rings is 1. The van der Waals surface area contributed by atoms with Gasteiger partial charge in [0.15, 0.2) is 5.96 Å². The first kappa shape index (κ1) is 20.8. The second-order valence-corrected chi connectivity index (χ2v) is 7.12. The lowest BCUT2D eigenvalue weighted by Crippen LogP contribution is -2.52. The van der Waals surface area contributed by atoms with E-state index < -0.39 is 11.6 Å². The van der Waals surface area contributed by atoms with Gasteiger partial charge < -0.3 is 20.0 Å². The third-order valence-corrected chi connectivity index (χ3v) is 4.85. The quantitative estimate of drug-likeness (QED) is 0.616. The maximum Gasteiger partial charge on any atom is 0.194 e. The number of anilines is 2. The van der Waals surface area contributed by atoms with E-state index >= 15 is 0 Å². The van der Waals surface area contributed by atoms with Crippen molar-refractivity contribution in [2.45, 2.75) is 13.5 Å². The number of aromatic nitrogens is 1. The van der Waals surface area contributed by atoms with Crippen LogP contribution in [0.4, 0.5) is 20.3 Å². The van der Waals surface area contributed by atoms with Gasteiger partial charge in [0.05, 0.1) is 12.2 Å². The Hall–Kier alpha value is -2.90. The maximum absolute atomic E-state index is 14.1. The highest BCUT2D eigenvalue weighted by Crippen LogP contribution is 2.22. The van der Waals surface area contributed by atoms with Crippen molar-refractivity contribution in [3.63, 3.8) is 0 Å². The summed E-state index contributed by atoms with van der Waals surface area (Å²) < 4.78 is 27.6. The second-order valence-electron chi connectivity index (χ2n) is 7.12. The van der Waals surface area contributed by atoms with E-state index in [1.807, 2.05) is 43.0 Å². The first-order valence-corrected chi connectivity index (χ1v) is 9.84. The molecule has 1 aliphatic rings. The molecule has 1 aliphatic heterocycles. The number of halogens is 2. The Kier molecular flexibility index (Phi) is 6.85. The topological polar surface area (TPSA) is 47.0 Å². The Bertz CT molecular complexity index is 847. The van der Waals surface area contributed by atoms with E-state index in [0.717, 1.165) is 30.0 Å². The van der Waals surface area contributed by atoms with Crippen LogP contribution in [0.5, 0.6) is 0 Å². The SMILES string of the molecule is CCNC(=NCc1cccnc1N(C)C)N1CCN(c2cc(F)ccc2F)CC1. The maximum atomic E-state index is 14.1. The summed E-state index contributed by atoms with van der Waals surface area (Å²) in [6.07, 6.45) is 1.78. The Labute approximate surface area is 170 Å². The normalized spacial score (nSPS) is 14.9. The van der Waals surface area contributed by atoms with Gasteiger partial charge in [0.25, 0.3) is 0 Å². The van der Waals surface area contributed by atoms with Crippen LogP contribution in [0, 0.1) is 11.6 Å². The van der Waals surface area contributed by atoms with Gasteiger partial charge in [0.1, 0.15) is 17.5 Å². The van der Waals surface area contributed by atoms with Gasteiger partial charge in [-0.1, -0.05) is 6.07 Å². The van der Waals surface area contributed by atoms with E-state index in [1.54, 1.807) is 6.20 Å². The van der Waals surface area contributed by atoms with Crippen molar-refractivity contribution in [2.75, 3.05) is 56.6 Å². The summed E-state index contributed by atoms with van der Waals surface area (Å²) in [5, 5.41) is 3.34. The van der Waals surface area contributed by atoms with Gasteiger partial charge >= 0.3 is 0 Å². The Balaban J connectivity index is 1.69. The molecule has 0 bridgehead atoms. The highest BCUT2D eigenvalue weighted by atomic mass is 19.1. The molecule has 0 unspecified atom stereocenters. The van der Waals surface area contributed by atoms with Gasteiger partial charge in [-0.3, -0.25) is 0 Å². The van der Waals surface area contributed by atoms with E-state index in [1.165, 1.54) is 12.1 Å². The molecular weight excluding hydrogens is 374 g/mol. The monoisotopic (exact) mass is 402 g/mol. The first-order chi connectivity index (χ1) is 14.0. The van der Waals surface area contributed by atoms with Crippen LogP contribution in [0.15, 0.2) is 41.5 Å². The second kappa shape index (κ2) is 9.54. The minimum absolute atomic E-state index is 0.317. The van der Waals surface area contributed by atoms with E-state index in [9.17, 15) is 8.78 Å². The van der Waals surface area contributed by atoms with Crippen LogP contribution >= 0.6 is 0 Å². The first-order valence-electron chi connectivity index (χ1n) is 9.84. The average molecular weight is 402 g/mol. The highest BCUT2D eigenvalue weighted by molar-refractivity contribution is 5.80. The summed E-state index contributed by atoms with van der Waals surface area (Å²) in [5.41, 5.74) is 1.37. The summed E-state index contributed by atoms with van der Waals surface area (Å²) in [7, 11) is 3.93. The lowest BCUT2D eigenvalue weighted by molar-refractivity contribution is 0.370. The fraction of sp³-hybridized carbons (Fsp3) is 0.429. The zero-order valence-corrected chi connectivity index (χ0v) is 17.2. The zero-order valence-electron chi connectivity index (χ0n) is 17.2. The number of aliphatic imine (C=N–C) groups is 1. The Morgan fingerprint density at radius 2 is 1.93 bits per heavy atom. The molecule has 1 aromatic carbocycles. The molecule has 2 aromatic rings. The number of hydrogen-bond donors (Lipinski definition) is 1. The number of piperazine rings is 1. The molecule has 2 heterocycles. The molecule has 0 saturated carbocycles. The summed E-state index contributed by atoms with van der Waals surface area (Å²) in [5.74, 6) is 0.902. The van der Waals surface area contributed by atoms with E-state index in [0.29, 0.717) is 38.4 Å². The third-order valence-electron chi connectivity index (χ3n) is 4.85. The largest absolute Gasteiger partial charge is 0.366 e. The van der Waals surface area contributed by atoms with Gasteiger partial charge in [-0.15, -0.1) is 0 Å². The van der Waals surface area contributed by atoms with Crippen LogP contribution in [0.2, 0.25) is 0 Å². The molecule has 0 aliphatic carbocycles. The summed E-state index contributed by atoms with van der Waals surface area (Å²) in [6.45, 7) is 5.85. The summed E-state index contributed by atoms with van der Waals surface area (Å²) in [4.78, 5) is 15.2. The van der Waals surface area contributed by atoms with Crippen LogP contribution in [0.25, 0.3) is 0 Å². The molecule has 1 N–H and O–H groups in total. The molecule has 1 aromatic heterocycles. The standard InChI is InChI=1S/C21H28F2N6/c1-4-24-21(26-15-16-6-5-9-25-20(16)27(2)3)29-12-10-28(11-13-29)19-14-17(22)7-8-18(19)23/h5-9,14H,4,10-13,15H2,1-3H3,(H,24,26). The van der Waals surface area contributed by atoms with Crippen molar-refractivity contribution in [2.24, 2.45) is 4.99 Å². The molecule has 0 amide bonds. The molecular formula is C21H28F2N6. The molecule has 6 nitrogen and oxygen atoms in total. The molecule has 1 fully saturated rings. The zero-order chi connectivity index (χ0) is 20.8.